The molecule has 0 spiro atoms. The predicted molar refractivity (Wildman–Crippen MR) is 93.3 cm³/mol. The van der Waals surface area contributed by atoms with Gasteiger partial charge < -0.3 is 4.74 Å². The molecule has 0 bridgehead atoms. The van der Waals surface area contributed by atoms with Crippen molar-refractivity contribution in [1.29, 1.82) is 0 Å². The lowest BCUT2D eigenvalue weighted by Gasteiger charge is -2.23. The number of methoxy groups -OCH3 is 1. The van der Waals surface area contributed by atoms with Gasteiger partial charge >= 0.3 is 0 Å². The molecule has 1 nitrogen and oxygen atoms in total. The lowest BCUT2D eigenvalue weighted by molar-refractivity contribution is 0.416. The minimum Gasteiger partial charge on any atom is -0.496 e. The summed E-state index contributed by atoms with van der Waals surface area (Å²) in [6, 6.07) is 17.2. The first-order chi connectivity index (χ1) is 10.4. The minimum atomic E-state index is 0.884. The summed E-state index contributed by atoms with van der Waals surface area (Å²) in [5, 5.41) is 1.49. The standard InChI is InChI=1S/C19H23OP/c1-20-18-13-7-5-11-16(18)17-12-6-8-14-19(17)21-15-9-3-2-4-10-15/h5-8,11-15,21H,2-4,9-10H2,1H3. The smallest absolute Gasteiger partial charge is 0.126 e. The number of benzene rings is 2. The van der Waals surface area contributed by atoms with Crippen LogP contribution in [0.4, 0.5) is 0 Å². The Labute approximate surface area is 129 Å². The highest BCUT2D eigenvalue weighted by Gasteiger charge is 2.16. The molecule has 110 valence electrons. The lowest BCUT2D eigenvalue weighted by atomic mass is 10.0. The summed E-state index contributed by atoms with van der Waals surface area (Å²) >= 11 is 0. The van der Waals surface area contributed by atoms with Crippen molar-refractivity contribution in [3.8, 4) is 16.9 Å². The zero-order valence-electron chi connectivity index (χ0n) is 12.6. The van der Waals surface area contributed by atoms with Crippen LogP contribution in [-0.2, 0) is 0 Å². The molecule has 3 rings (SSSR count). The molecule has 0 saturated heterocycles. The van der Waals surface area contributed by atoms with Crippen molar-refractivity contribution in [2.75, 3.05) is 7.11 Å². The van der Waals surface area contributed by atoms with Gasteiger partial charge in [-0.1, -0.05) is 70.3 Å². The van der Waals surface area contributed by atoms with Crippen LogP contribution in [0.1, 0.15) is 32.1 Å². The molecule has 21 heavy (non-hydrogen) atoms. The summed E-state index contributed by atoms with van der Waals surface area (Å²) in [6.45, 7) is 0. The van der Waals surface area contributed by atoms with Crippen LogP contribution in [0.25, 0.3) is 11.1 Å². The molecule has 0 aromatic heterocycles. The van der Waals surface area contributed by atoms with Crippen LogP contribution >= 0.6 is 8.58 Å². The van der Waals surface area contributed by atoms with Crippen molar-refractivity contribution < 1.29 is 4.74 Å². The topological polar surface area (TPSA) is 9.23 Å². The number of para-hydroxylation sites is 1. The highest BCUT2D eigenvalue weighted by atomic mass is 31.1. The molecule has 1 unspecified atom stereocenters. The molecule has 1 atom stereocenters. The van der Waals surface area contributed by atoms with Crippen LogP contribution in [0, 0.1) is 0 Å². The normalized spacial score (nSPS) is 16.4. The second kappa shape index (κ2) is 7.09. The highest BCUT2D eigenvalue weighted by Crippen LogP contribution is 2.37. The molecule has 0 amide bonds. The zero-order chi connectivity index (χ0) is 14.5. The fourth-order valence-corrected chi connectivity index (χ4v) is 4.88. The van der Waals surface area contributed by atoms with E-state index in [2.05, 4.69) is 42.5 Å². The fraction of sp³-hybridized carbons (Fsp3) is 0.368. The van der Waals surface area contributed by atoms with Crippen LogP contribution in [0.5, 0.6) is 5.75 Å². The largest absolute Gasteiger partial charge is 0.496 e. The molecule has 2 aromatic carbocycles. The van der Waals surface area contributed by atoms with E-state index in [0.29, 0.717) is 0 Å². The van der Waals surface area contributed by atoms with Gasteiger partial charge in [0.15, 0.2) is 0 Å². The van der Waals surface area contributed by atoms with Crippen molar-refractivity contribution >= 4 is 13.9 Å². The molecule has 2 aromatic rings. The van der Waals surface area contributed by atoms with E-state index in [1.807, 2.05) is 6.07 Å². The first kappa shape index (κ1) is 14.6. The van der Waals surface area contributed by atoms with Crippen molar-refractivity contribution in [2.24, 2.45) is 0 Å². The molecular weight excluding hydrogens is 275 g/mol. The van der Waals surface area contributed by atoms with E-state index in [9.17, 15) is 0 Å². The number of hydrogen-bond donors (Lipinski definition) is 0. The summed E-state index contributed by atoms with van der Waals surface area (Å²) in [6.07, 6.45) is 7.05. The van der Waals surface area contributed by atoms with Gasteiger partial charge in [0, 0.05) is 5.56 Å². The maximum atomic E-state index is 5.55. The highest BCUT2D eigenvalue weighted by molar-refractivity contribution is 7.48. The van der Waals surface area contributed by atoms with Gasteiger partial charge in [0.05, 0.1) is 7.11 Å². The van der Waals surface area contributed by atoms with Gasteiger partial charge in [-0.15, -0.1) is 0 Å². The van der Waals surface area contributed by atoms with E-state index in [4.69, 9.17) is 4.74 Å². The van der Waals surface area contributed by atoms with Crippen molar-refractivity contribution in [2.45, 2.75) is 37.8 Å². The maximum Gasteiger partial charge on any atom is 0.126 e. The quantitative estimate of drug-likeness (QED) is 0.722. The minimum absolute atomic E-state index is 0.884. The third-order valence-corrected chi connectivity index (χ3v) is 6.02. The summed E-state index contributed by atoms with van der Waals surface area (Å²) in [7, 11) is 2.68. The Morgan fingerprint density at radius 1 is 0.857 bits per heavy atom. The number of hydrogen-bond acceptors (Lipinski definition) is 1. The molecule has 0 N–H and O–H groups in total. The van der Waals surface area contributed by atoms with E-state index in [-0.39, 0.29) is 0 Å². The molecular formula is C19H23OP. The maximum absolute atomic E-state index is 5.55. The SMILES string of the molecule is COc1ccccc1-c1ccccc1PC1CCCCC1. The van der Waals surface area contributed by atoms with Gasteiger partial charge in [0.1, 0.15) is 5.75 Å². The second-order valence-electron chi connectivity index (χ2n) is 5.73. The molecule has 1 aliphatic carbocycles. The monoisotopic (exact) mass is 298 g/mol. The first-order valence-electron chi connectivity index (χ1n) is 7.87. The Morgan fingerprint density at radius 3 is 2.29 bits per heavy atom. The van der Waals surface area contributed by atoms with Gasteiger partial charge in [0.25, 0.3) is 0 Å². The van der Waals surface area contributed by atoms with Crippen LogP contribution in [0.2, 0.25) is 0 Å². The predicted octanol–water partition coefficient (Wildman–Crippen LogP) is 5.00. The Morgan fingerprint density at radius 2 is 1.52 bits per heavy atom. The van der Waals surface area contributed by atoms with Gasteiger partial charge in [-0.2, -0.15) is 0 Å². The molecule has 0 aliphatic heterocycles. The Balaban J connectivity index is 1.91. The van der Waals surface area contributed by atoms with Crippen LogP contribution in [0.15, 0.2) is 48.5 Å². The van der Waals surface area contributed by atoms with Crippen LogP contribution in [0.3, 0.4) is 0 Å². The Hall–Kier alpha value is -1.33. The third kappa shape index (κ3) is 3.47. The molecule has 0 radical (unpaired) electrons. The molecule has 1 saturated carbocycles. The molecule has 1 aliphatic rings. The summed E-state index contributed by atoms with van der Waals surface area (Å²) < 4.78 is 5.55. The van der Waals surface area contributed by atoms with E-state index < -0.39 is 0 Å². The molecule has 1 fully saturated rings. The first-order valence-corrected chi connectivity index (χ1v) is 8.95. The van der Waals surface area contributed by atoms with Crippen molar-refractivity contribution in [3.05, 3.63) is 48.5 Å². The summed E-state index contributed by atoms with van der Waals surface area (Å²) in [5.74, 6) is 0.971. The van der Waals surface area contributed by atoms with E-state index in [1.54, 1.807) is 7.11 Å². The number of ether oxygens (including phenoxy) is 1. The fourth-order valence-electron chi connectivity index (χ4n) is 3.18. The average Bonchev–Trinajstić information content (AvgIpc) is 2.56. The average molecular weight is 298 g/mol. The van der Waals surface area contributed by atoms with Crippen LogP contribution < -0.4 is 10.0 Å². The Bertz CT molecular complexity index is 588. The van der Waals surface area contributed by atoms with Crippen LogP contribution in [-0.4, -0.2) is 12.8 Å². The van der Waals surface area contributed by atoms with Crippen molar-refractivity contribution in [1.82, 2.24) is 0 Å². The molecule has 0 heterocycles. The number of rotatable bonds is 4. The Kier molecular flexibility index (Phi) is 4.93. The van der Waals surface area contributed by atoms with E-state index >= 15 is 0 Å². The summed E-state index contributed by atoms with van der Waals surface area (Å²) in [5.41, 5.74) is 3.45. The lowest BCUT2D eigenvalue weighted by Crippen LogP contribution is -2.12. The van der Waals surface area contributed by atoms with Gasteiger partial charge in [-0.05, 0) is 35.4 Å². The van der Waals surface area contributed by atoms with Gasteiger partial charge in [0.2, 0.25) is 0 Å². The summed E-state index contributed by atoms with van der Waals surface area (Å²) in [4.78, 5) is 0. The van der Waals surface area contributed by atoms with Crippen molar-refractivity contribution in [3.63, 3.8) is 0 Å². The van der Waals surface area contributed by atoms with E-state index in [0.717, 1.165) is 20.0 Å². The van der Waals surface area contributed by atoms with Gasteiger partial charge in [-0.25, -0.2) is 0 Å². The zero-order valence-corrected chi connectivity index (χ0v) is 13.6. The second-order valence-corrected chi connectivity index (χ2v) is 7.37. The van der Waals surface area contributed by atoms with E-state index in [1.165, 1.54) is 48.5 Å². The third-order valence-electron chi connectivity index (χ3n) is 4.29. The molecule has 2 heteroatoms. The van der Waals surface area contributed by atoms with Gasteiger partial charge in [-0.3, -0.25) is 0 Å².